The molecule has 0 spiro atoms. The number of aliphatic hydroxyl groups is 4. The molecule has 0 amide bonds. The summed E-state index contributed by atoms with van der Waals surface area (Å²) in [5, 5.41) is 39.9. The number of esters is 1. The van der Waals surface area contributed by atoms with Crippen LogP contribution < -0.4 is 4.74 Å². The summed E-state index contributed by atoms with van der Waals surface area (Å²) in [6.45, 7) is 0. The van der Waals surface area contributed by atoms with Crippen LogP contribution in [0.25, 0.3) is 10.8 Å². The third-order valence-corrected chi connectivity index (χ3v) is 3.78. The fraction of sp³-hybridized carbons (Fsp3) is 0.312. The Balaban J connectivity index is 1.83. The molecule has 0 aromatic heterocycles. The van der Waals surface area contributed by atoms with Crippen LogP contribution in [0.3, 0.4) is 0 Å². The predicted octanol–water partition coefficient (Wildman–Crippen LogP) is -0.455. The number of ether oxygens (including phenoxy) is 2. The van der Waals surface area contributed by atoms with E-state index in [1.54, 1.807) is 24.3 Å². The molecule has 4 N–H and O–H groups in total. The van der Waals surface area contributed by atoms with Gasteiger partial charge < -0.3 is 29.9 Å². The summed E-state index contributed by atoms with van der Waals surface area (Å²) in [7, 11) is 0. The lowest BCUT2D eigenvalue weighted by atomic mass is 9.99. The summed E-state index contributed by atoms with van der Waals surface area (Å²) in [5.74, 6) is -0.710. The van der Waals surface area contributed by atoms with E-state index in [1.165, 1.54) is 0 Å². The van der Waals surface area contributed by atoms with Crippen molar-refractivity contribution in [2.45, 2.75) is 30.7 Å². The van der Waals surface area contributed by atoms with Gasteiger partial charge in [-0.2, -0.15) is 0 Å². The lowest BCUT2D eigenvalue weighted by molar-refractivity contribution is -0.279. The van der Waals surface area contributed by atoms with Crippen LogP contribution in [0.4, 0.5) is 0 Å². The van der Waals surface area contributed by atoms with Gasteiger partial charge in [-0.3, -0.25) is 0 Å². The van der Waals surface area contributed by atoms with E-state index in [2.05, 4.69) is 0 Å². The Labute approximate surface area is 131 Å². The van der Waals surface area contributed by atoms with Gasteiger partial charge >= 0.3 is 5.97 Å². The van der Waals surface area contributed by atoms with Gasteiger partial charge in [-0.1, -0.05) is 36.4 Å². The van der Waals surface area contributed by atoms with Crippen molar-refractivity contribution in [2.75, 3.05) is 0 Å². The molecule has 122 valence electrons. The summed E-state index contributed by atoms with van der Waals surface area (Å²) >= 11 is 0. The SMILES string of the molecule is O=C(Oc1cccc2ccccc12)[C@H]1O[C@H](O)[C@H](O)[C@@H](O)[C@@H]1O. The van der Waals surface area contributed by atoms with Crippen LogP contribution in [0.5, 0.6) is 5.75 Å². The molecule has 1 aliphatic rings. The third-order valence-electron chi connectivity index (χ3n) is 3.78. The fourth-order valence-corrected chi connectivity index (χ4v) is 2.51. The molecule has 23 heavy (non-hydrogen) atoms. The molecule has 5 atom stereocenters. The molecule has 1 fully saturated rings. The van der Waals surface area contributed by atoms with Crippen molar-refractivity contribution in [2.24, 2.45) is 0 Å². The first-order valence-corrected chi connectivity index (χ1v) is 7.06. The van der Waals surface area contributed by atoms with E-state index < -0.39 is 36.7 Å². The molecule has 0 radical (unpaired) electrons. The average molecular weight is 320 g/mol. The molecule has 7 nitrogen and oxygen atoms in total. The number of aliphatic hydroxyl groups excluding tert-OH is 4. The molecule has 2 aromatic rings. The largest absolute Gasteiger partial charge is 0.424 e. The second-order valence-electron chi connectivity index (χ2n) is 5.32. The predicted molar refractivity (Wildman–Crippen MR) is 78.5 cm³/mol. The molecule has 0 bridgehead atoms. The van der Waals surface area contributed by atoms with Gasteiger partial charge in [0.15, 0.2) is 12.4 Å². The highest BCUT2D eigenvalue weighted by Crippen LogP contribution is 2.27. The van der Waals surface area contributed by atoms with Crippen LogP contribution in [0.1, 0.15) is 0 Å². The Hall–Kier alpha value is -2.03. The lowest BCUT2D eigenvalue weighted by Gasteiger charge is -2.36. The zero-order valence-electron chi connectivity index (χ0n) is 11.9. The van der Waals surface area contributed by atoms with E-state index in [0.717, 1.165) is 5.39 Å². The number of benzene rings is 2. The van der Waals surface area contributed by atoms with Crippen LogP contribution in [-0.2, 0) is 9.53 Å². The minimum atomic E-state index is -1.79. The van der Waals surface area contributed by atoms with Crippen molar-refractivity contribution in [3.63, 3.8) is 0 Å². The molecule has 1 aliphatic heterocycles. The molecule has 1 saturated heterocycles. The van der Waals surface area contributed by atoms with Crippen molar-refractivity contribution in [3.8, 4) is 5.75 Å². The summed E-state index contributed by atoms with van der Waals surface area (Å²) in [6.07, 6.45) is -8.54. The first-order valence-electron chi connectivity index (χ1n) is 7.06. The van der Waals surface area contributed by atoms with E-state index in [1.807, 2.05) is 18.2 Å². The first kappa shape index (κ1) is 15.9. The van der Waals surface area contributed by atoms with Crippen molar-refractivity contribution < 1.29 is 34.7 Å². The van der Waals surface area contributed by atoms with Gasteiger partial charge in [0.25, 0.3) is 0 Å². The quantitative estimate of drug-likeness (QED) is 0.437. The van der Waals surface area contributed by atoms with E-state index >= 15 is 0 Å². The monoisotopic (exact) mass is 320 g/mol. The van der Waals surface area contributed by atoms with Gasteiger partial charge in [0.1, 0.15) is 24.1 Å². The maximum absolute atomic E-state index is 12.2. The van der Waals surface area contributed by atoms with Gasteiger partial charge in [-0.25, -0.2) is 4.79 Å². The maximum Gasteiger partial charge on any atom is 0.343 e. The topological polar surface area (TPSA) is 116 Å². The number of carbonyl (C=O) groups excluding carboxylic acids is 1. The van der Waals surface area contributed by atoms with E-state index in [4.69, 9.17) is 9.47 Å². The molecule has 1 heterocycles. The standard InChI is InChI=1S/C16H16O7/c17-11-12(18)14(23-15(20)13(11)19)16(21)22-10-7-3-5-8-4-1-2-6-9(8)10/h1-7,11-15,17-20H/t11-,12-,13+,14-,15-/m0/s1. The normalized spacial score (nSPS) is 31.0. The van der Waals surface area contributed by atoms with E-state index in [0.29, 0.717) is 5.39 Å². The Bertz CT molecular complexity index is 711. The van der Waals surface area contributed by atoms with Crippen LogP contribution in [0.15, 0.2) is 42.5 Å². The van der Waals surface area contributed by atoms with Gasteiger partial charge in [0.05, 0.1) is 0 Å². The minimum Gasteiger partial charge on any atom is -0.424 e. The van der Waals surface area contributed by atoms with Gasteiger partial charge in [-0.05, 0) is 11.5 Å². The summed E-state index contributed by atoms with van der Waals surface area (Å²) in [6, 6.07) is 12.4. The number of hydrogen-bond donors (Lipinski definition) is 4. The zero-order valence-corrected chi connectivity index (χ0v) is 11.9. The Kier molecular flexibility index (Phi) is 4.29. The number of hydrogen-bond acceptors (Lipinski definition) is 7. The van der Waals surface area contributed by atoms with E-state index in [9.17, 15) is 25.2 Å². The molecule has 3 rings (SSSR count). The highest BCUT2D eigenvalue weighted by molar-refractivity contribution is 5.91. The smallest absolute Gasteiger partial charge is 0.343 e. The second kappa shape index (κ2) is 6.23. The summed E-state index contributed by atoms with van der Waals surface area (Å²) in [5.41, 5.74) is 0. The molecule has 0 unspecified atom stereocenters. The molecular weight excluding hydrogens is 304 g/mol. The summed E-state index contributed by atoms with van der Waals surface area (Å²) in [4.78, 5) is 12.2. The van der Waals surface area contributed by atoms with Crippen molar-refractivity contribution in [1.29, 1.82) is 0 Å². The highest BCUT2D eigenvalue weighted by Gasteiger charge is 2.47. The molecule has 2 aromatic carbocycles. The lowest BCUT2D eigenvalue weighted by Crippen LogP contribution is -2.60. The highest BCUT2D eigenvalue weighted by atomic mass is 16.7. The minimum absolute atomic E-state index is 0.263. The number of fused-ring (bicyclic) bond motifs is 1. The molecule has 0 aliphatic carbocycles. The van der Waals surface area contributed by atoms with Crippen LogP contribution >= 0.6 is 0 Å². The van der Waals surface area contributed by atoms with Crippen molar-refractivity contribution in [3.05, 3.63) is 42.5 Å². The maximum atomic E-state index is 12.2. The molecule has 0 saturated carbocycles. The van der Waals surface area contributed by atoms with Gasteiger partial charge in [-0.15, -0.1) is 0 Å². The molecule has 7 heteroatoms. The Morgan fingerprint density at radius 3 is 2.39 bits per heavy atom. The molecular formula is C16H16O7. The van der Waals surface area contributed by atoms with Crippen molar-refractivity contribution >= 4 is 16.7 Å². The fourth-order valence-electron chi connectivity index (χ4n) is 2.51. The number of carbonyl (C=O) groups is 1. The van der Waals surface area contributed by atoms with Crippen LogP contribution in [0, 0.1) is 0 Å². The van der Waals surface area contributed by atoms with Gasteiger partial charge in [0.2, 0.25) is 0 Å². The number of rotatable bonds is 2. The van der Waals surface area contributed by atoms with Crippen LogP contribution in [0.2, 0.25) is 0 Å². The Morgan fingerprint density at radius 2 is 1.61 bits per heavy atom. The van der Waals surface area contributed by atoms with Crippen LogP contribution in [-0.4, -0.2) is 57.1 Å². The zero-order chi connectivity index (χ0) is 16.6. The van der Waals surface area contributed by atoms with Crippen molar-refractivity contribution in [1.82, 2.24) is 0 Å². The average Bonchev–Trinajstić information content (AvgIpc) is 2.56. The Morgan fingerprint density at radius 1 is 0.913 bits per heavy atom. The second-order valence-corrected chi connectivity index (χ2v) is 5.32. The van der Waals surface area contributed by atoms with E-state index in [-0.39, 0.29) is 5.75 Å². The van der Waals surface area contributed by atoms with Gasteiger partial charge in [0, 0.05) is 5.39 Å². The summed E-state index contributed by atoms with van der Waals surface area (Å²) < 4.78 is 10.1. The third kappa shape index (κ3) is 2.92. The first-order chi connectivity index (χ1) is 11.0.